The summed E-state index contributed by atoms with van der Waals surface area (Å²) in [5.74, 6) is 0.996. The zero-order chi connectivity index (χ0) is 20.1. The maximum atomic E-state index is 12.3. The summed E-state index contributed by atoms with van der Waals surface area (Å²) in [6.45, 7) is 2.25. The summed E-state index contributed by atoms with van der Waals surface area (Å²) in [6.07, 6.45) is 2.52. The van der Waals surface area contributed by atoms with E-state index in [-0.39, 0.29) is 11.6 Å². The topological polar surface area (TPSA) is 79.4 Å². The Bertz CT molecular complexity index is 950. The normalized spacial score (nSPS) is 13.2. The zero-order valence-corrected chi connectivity index (χ0v) is 16.3. The average Bonchev–Trinajstić information content (AvgIpc) is 3.30. The van der Waals surface area contributed by atoms with Gasteiger partial charge in [0.2, 0.25) is 0 Å². The first kappa shape index (κ1) is 18.7. The van der Waals surface area contributed by atoms with E-state index in [2.05, 4.69) is 37.9 Å². The van der Waals surface area contributed by atoms with Gasteiger partial charge in [-0.3, -0.25) is 4.79 Å². The molecule has 2 aromatic carbocycles. The summed E-state index contributed by atoms with van der Waals surface area (Å²) in [5.41, 5.74) is 3.08. The molecule has 1 aromatic heterocycles. The predicted molar refractivity (Wildman–Crippen MR) is 114 cm³/mol. The van der Waals surface area contributed by atoms with Gasteiger partial charge in [-0.15, -0.1) is 10.2 Å². The molecule has 1 aliphatic rings. The van der Waals surface area contributed by atoms with E-state index in [9.17, 15) is 4.79 Å². The van der Waals surface area contributed by atoms with Crippen LogP contribution in [0.25, 0.3) is 0 Å². The van der Waals surface area contributed by atoms with Crippen molar-refractivity contribution in [1.82, 2.24) is 10.2 Å². The highest BCUT2D eigenvalue weighted by Crippen LogP contribution is 2.23. The number of nitrogens with zero attached hydrogens (tertiary/aromatic N) is 3. The molecule has 7 heteroatoms. The fourth-order valence-corrected chi connectivity index (χ4v) is 3.27. The third-order valence-electron chi connectivity index (χ3n) is 4.86. The van der Waals surface area contributed by atoms with Gasteiger partial charge in [0, 0.05) is 30.2 Å². The third-order valence-corrected chi connectivity index (χ3v) is 4.86. The molecule has 0 atom stereocenters. The molecule has 0 aliphatic carbocycles. The van der Waals surface area contributed by atoms with Crippen LogP contribution in [0.1, 0.15) is 23.3 Å². The predicted octanol–water partition coefficient (Wildman–Crippen LogP) is 4.08. The molecule has 2 heterocycles. The van der Waals surface area contributed by atoms with Crippen molar-refractivity contribution in [2.75, 3.05) is 35.7 Å². The minimum atomic E-state index is -0.316. The van der Waals surface area contributed by atoms with Crippen LogP contribution < -0.4 is 20.3 Å². The second kappa shape index (κ2) is 8.60. The van der Waals surface area contributed by atoms with Gasteiger partial charge in [0.1, 0.15) is 5.75 Å². The Hall–Kier alpha value is -3.61. The maximum absolute atomic E-state index is 12.3. The Morgan fingerprint density at radius 1 is 0.897 bits per heavy atom. The monoisotopic (exact) mass is 389 g/mol. The number of nitrogens with one attached hydrogen (secondary N) is 2. The number of carbonyl (C=O) groups is 1. The lowest BCUT2D eigenvalue weighted by Gasteiger charge is -2.17. The molecule has 148 valence electrons. The van der Waals surface area contributed by atoms with E-state index in [4.69, 9.17) is 4.74 Å². The van der Waals surface area contributed by atoms with Crippen LogP contribution in [0.3, 0.4) is 0 Å². The average molecular weight is 389 g/mol. The molecule has 29 heavy (non-hydrogen) atoms. The molecule has 4 rings (SSSR count). The second-order valence-corrected chi connectivity index (χ2v) is 6.85. The summed E-state index contributed by atoms with van der Waals surface area (Å²) >= 11 is 0. The van der Waals surface area contributed by atoms with Crippen LogP contribution in [-0.4, -0.2) is 36.3 Å². The number of aromatic nitrogens is 2. The first-order chi connectivity index (χ1) is 14.2. The summed E-state index contributed by atoms with van der Waals surface area (Å²) in [5, 5.41) is 14.1. The lowest BCUT2D eigenvalue weighted by molar-refractivity contribution is 0.102. The van der Waals surface area contributed by atoms with Gasteiger partial charge >= 0.3 is 0 Å². The number of anilines is 4. The van der Waals surface area contributed by atoms with E-state index >= 15 is 0 Å². The Morgan fingerprint density at radius 2 is 1.59 bits per heavy atom. The number of benzene rings is 2. The first-order valence-corrected chi connectivity index (χ1v) is 9.62. The fraction of sp³-hybridized carbons (Fsp3) is 0.227. The van der Waals surface area contributed by atoms with Gasteiger partial charge in [-0.05, 0) is 73.5 Å². The van der Waals surface area contributed by atoms with Gasteiger partial charge in [0.15, 0.2) is 11.5 Å². The first-order valence-electron chi connectivity index (χ1n) is 9.62. The van der Waals surface area contributed by atoms with Gasteiger partial charge in [0.05, 0.1) is 7.11 Å². The Balaban J connectivity index is 1.36. The second-order valence-electron chi connectivity index (χ2n) is 6.85. The smallest absolute Gasteiger partial charge is 0.276 e. The molecule has 1 amide bonds. The SMILES string of the molecule is COc1ccc(NC(=O)c2ccc(Nc3ccc(N4CCCC4)cc3)nn2)cc1. The van der Waals surface area contributed by atoms with E-state index < -0.39 is 0 Å². The zero-order valence-electron chi connectivity index (χ0n) is 16.3. The maximum Gasteiger partial charge on any atom is 0.276 e. The van der Waals surface area contributed by atoms with Crippen LogP contribution in [0, 0.1) is 0 Å². The summed E-state index contributed by atoms with van der Waals surface area (Å²) < 4.78 is 5.11. The highest BCUT2D eigenvalue weighted by atomic mass is 16.5. The lowest BCUT2D eigenvalue weighted by atomic mass is 10.2. The van der Waals surface area contributed by atoms with Crippen LogP contribution >= 0.6 is 0 Å². The third kappa shape index (κ3) is 4.63. The van der Waals surface area contributed by atoms with Gasteiger partial charge < -0.3 is 20.3 Å². The molecule has 0 bridgehead atoms. The van der Waals surface area contributed by atoms with Crippen molar-refractivity contribution in [2.45, 2.75) is 12.8 Å². The van der Waals surface area contributed by atoms with Crippen LogP contribution in [0.5, 0.6) is 5.75 Å². The van der Waals surface area contributed by atoms with Crippen molar-refractivity contribution in [1.29, 1.82) is 0 Å². The minimum Gasteiger partial charge on any atom is -0.497 e. The van der Waals surface area contributed by atoms with Crippen molar-refractivity contribution >= 4 is 28.8 Å². The summed E-state index contributed by atoms with van der Waals surface area (Å²) in [7, 11) is 1.60. The molecule has 1 aliphatic heterocycles. The minimum absolute atomic E-state index is 0.246. The number of hydrogen-bond donors (Lipinski definition) is 2. The van der Waals surface area contributed by atoms with Crippen molar-refractivity contribution < 1.29 is 9.53 Å². The molecule has 1 saturated heterocycles. The molecular formula is C22H23N5O2. The molecular weight excluding hydrogens is 366 g/mol. The van der Waals surface area contributed by atoms with Crippen LogP contribution in [0.2, 0.25) is 0 Å². The van der Waals surface area contributed by atoms with E-state index in [1.54, 1.807) is 43.5 Å². The van der Waals surface area contributed by atoms with E-state index in [0.717, 1.165) is 24.5 Å². The fourth-order valence-electron chi connectivity index (χ4n) is 3.27. The summed E-state index contributed by atoms with van der Waals surface area (Å²) in [6, 6.07) is 18.8. The largest absolute Gasteiger partial charge is 0.497 e. The van der Waals surface area contributed by atoms with Crippen LogP contribution in [0.4, 0.5) is 22.9 Å². The molecule has 3 aromatic rings. The van der Waals surface area contributed by atoms with E-state index in [0.29, 0.717) is 11.5 Å². The van der Waals surface area contributed by atoms with Crippen LogP contribution in [-0.2, 0) is 0 Å². The number of carbonyl (C=O) groups excluding carboxylic acids is 1. The van der Waals surface area contributed by atoms with Crippen molar-refractivity contribution in [2.24, 2.45) is 0 Å². The molecule has 0 spiro atoms. The van der Waals surface area contributed by atoms with Gasteiger partial charge in [-0.25, -0.2) is 0 Å². The number of rotatable bonds is 6. The number of methoxy groups -OCH3 is 1. The molecule has 0 unspecified atom stereocenters. The molecule has 0 radical (unpaired) electrons. The standard InChI is InChI=1S/C22H23N5O2/c1-29-19-10-6-17(7-11-19)24-22(28)20-12-13-21(26-25-20)23-16-4-8-18(9-5-16)27-14-2-3-15-27/h4-13H,2-3,14-15H2,1H3,(H,23,26)(H,24,28). The van der Waals surface area contributed by atoms with Crippen molar-refractivity contribution in [3.8, 4) is 5.75 Å². The van der Waals surface area contributed by atoms with Crippen molar-refractivity contribution in [3.05, 3.63) is 66.4 Å². The van der Waals surface area contributed by atoms with Gasteiger partial charge in [-0.1, -0.05) is 0 Å². The quantitative estimate of drug-likeness (QED) is 0.661. The Labute approximate surface area is 169 Å². The molecule has 2 N–H and O–H groups in total. The lowest BCUT2D eigenvalue weighted by Crippen LogP contribution is -2.17. The van der Waals surface area contributed by atoms with Gasteiger partial charge in [0.25, 0.3) is 5.91 Å². The Kier molecular flexibility index (Phi) is 5.56. The molecule has 1 fully saturated rings. The number of amides is 1. The number of hydrogen-bond acceptors (Lipinski definition) is 6. The van der Waals surface area contributed by atoms with Gasteiger partial charge in [-0.2, -0.15) is 0 Å². The van der Waals surface area contributed by atoms with Crippen molar-refractivity contribution in [3.63, 3.8) is 0 Å². The summed E-state index contributed by atoms with van der Waals surface area (Å²) in [4.78, 5) is 14.7. The Morgan fingerprint density at radius 3 is 2.21 bits per heavy atom. The number of ether oxygens (including phenoxy) is 1. The van der Waals surface area contributed by atoms with E-state index in [1.165, 1.54) is 18.5 Å². The molecule has 0 saturated carbocycles. The van der Waals surface area contributed by atoms with Crippen LogP contribution in [0.15, 0.2) is 60.7 Å². The molecule has 7 nitrogen and oxygen atoms in total. The highest BCUT2D eigenvalue weighted by molar-refractivity contribution is 6.02. The highest BCUT2D eigenvalue weighted by Gasteiger charge is 2.12. The van der Waals surface area contributed by atoms with E-state index in [1.807, 2.05) is 12.1 Å².